The number of aryl methyl sites for hydroxylation is 2. The molecule has 0 amide bonds. The van der Waals surface area contributed by atoms with Crippen molar-refractivity contribution in [2.24, 2.45) is 0 Å². The monoisotopic (exact) mass is 420 g/mol. The van der Waals surface area contributed by atoms with E-state index in [0.717, 1.165) is 21.0 Å². The van der Waals surface area contributed by atoms with Crippen molar-refractivity contribution in [3.05, 3.63) is 75.1 Å². The number of pyridine rings is 1. The molecular weight excluding hydrogens is 395 g/mol. The average Bonchev–Trinajstić information content (AvgIpc) is 3.17. The van der Waals surface area contributed by atoms with E-state index in [4.69, 9.17) is 0 Å². The van der Waals surface area contributed by atoms with Gasteiger partial charge in [0.25, 0.3) is 5.56 Å². The molecule has 0 saturated carbocycles. The topological polar surface area (TPSA) is 83.4 Å². The maximum absolute atomic E-state index is 15.2. The molecule has 7 nitrogen and oxygen atoms in total. The zero-order chi connectivity index (χ0) is 21.3. The Kier molecular flexibility index (Phi) is 5.81. The summed E-state index contributed by atoms with van der Waals surface area (Å²) in [6.45, 7) is 3.86. The number of benzene rings is 1. The highest BCUT2D eigenvalue weighted by Crippen LogP contribution is 2.26. The summed E-state index contributed by atoms with van der Waals surface area (Å²) in [7, 11) is -1.14. The molecule has 1 atom stereocenters. The first kappa shape index (κ1) is 21.1. The van der Waals surface area contributed by atoms with Crippen LogP contribution in [0.15, 0.2) is 41.5 Å². The lowest BCUT2D eigenvalue weighted by molar-refractivity contribution is 0.448. The Bertz CT molecular complexity index is 1120. The Morgan fingerprint density at radius 2 is 2.03 bits per heavy atom. The lowest BCUT2D eigenvalue weighted by Crippen LogP contribution is -2.35. The Balaban J connectivity index is 2.14. The van der Waals surface area contributed by atoms with E-state index >= 15 is 4.39 Å². The summed E-state index contributed by atoms with van der Waals surface area (Å²) in [6.07, 6.45) is 5.00. The first-order chi connectivity index (χ1) is 13.6. The Morgan fingerprint density at radius 1 is 1.31 bits per heavy atom. The standard InChI is InChI=1S/C20H25FN4O3S/c1-13-7-8-15(14(2)10-13)11-16-17(23-29(27,28)24(3)4)12-25(20(26)19(16)21)18-6-5-9-22-18/h5,7-10,12,18,22-23H,6,11H2,1-4H3. The molecule has 0 aliphatic carbocycles. The van der Waals surface area contributed by atoms with Gasteiger partial charge in [-0.3, -0.25) is 14.1 Å². The van der Waals surface area contributed by atoms with Crippen molar-refractivity contribution in [3.8, 4) is 0 Å². The van der Waals surface area contributed by atoms with Gasteiger partial charge in [-0.1, -0.05) is 29.8 Å². The second-order valence-electron chi connectivity index (χ2n) is 7.36. The first-order valence-corrected chi connectivity index (χ1v) is 10.6. The third-order valence-corrected chi connectivity index (χ3v) is 6.41. The molecule has 1 aliphatic heterocycles. The number of hydrogen-bond donors (Lipinski definition) is 2. The number of rotatable bonds is 6. The van der Waals surface area contributed by atoms with Gasteiger partial charge in [0.1, 0.15) is 6.17 Å². The third kappa shape index (κ3) is 4.35. The van der Waals surface area contributed by atoms with Crippen LogP contribution in [0.2, 0.25) is 0 Å². The molecular formula is C20H25FN4O3S. The van der Waals surface area contributed by atoms with Crippen LogP contribution >= 0.6 is 0 Å². The number of hydrogen-bond acceptors (Lipinski definition) is 4. The van der Waals surface area contributed by atoms with Crippen molar-refractivity contribution in [2.75, 3.05) is 18.8 Å². The Hall–Kier alpha value is -2.65. The van der Waals surface area contributed by atoms with Crippen LogP contribution in [0.25, 0.3) is 0 Å². The van der Waals surface area contributed by atoms with Crippen LogP contribution in [0.1, 0.15) is 34.8 Å². The van der Waals surface area contributed by atoms with Gasteiger partial charge in [0.15, 0.2) is 5.82 Å². The highest BCUT2D eigenvalue weighted by molar-refractivity contribution is 7.90. The Morgan fingerprint density at radius 3 is 2.62 bits per heavy atom. The van der Waals surface area contributed by atoms with Crippen LogP contribution in [0.3, 0.4) is 0 Å². The number of aromatic nitrogens is 1. The van der Waals surface area contributed by atoms with Crippen molar-refractivity contribution < 1.29 is 12.8 Å². The van der Waals surface area contributed by atoms with E-state index in [1.165, 1.54) is 24.9 Å². The summed E-state index contributed by atoms with van der Waals surface area (Å²) in [5.41, 5.74) is 2.10. The van der Waals surface area contributed by atoms with Crippen LogP contribution in [-0.4, -0.2) is 31.4 Å². The normalized spacial score (nSPS) is 16.3. The van der Waals surface area contributed by atoms with E-state index in [0.29, 0.717) is 6.42 Å². The molecule has 156 valence electrons. The Labute approximate surface area is 170 Å². The summed E-state index contributed by atoms with van der Waals surface area (Å²) < 4.78 is 44.7. The number of anilines is 1. The lowest BCUT2D eigenvalue weighted by Gasteiger charge is -2.21. The van der Waals surface area contributed by atoms with Crippen molar-refractivity contribution in [2.45, 2.75) is 32.9 Å². The van der Waals surface area contributed by atoms with E-state index < -0.39 is 27.8 Å². The highest BCUT2D eigenvalue weighted by atomic mass is 32.2. The zero-order valence-corrected chi connectivity index (χ0v) is 17.7. The van der Waals surface area contributed by atoms with Gasteiger partial charge in [0.2, 0.25) is 0 Å². The summed E-state index contributed by atoms with van der Waals surface area (Å²) in [5.74, 6) is -0.961. The van der Waals surface area contributed by atoms with Crippen LogP contribution < -0.4 is 15.6 Å². The van der Waals surface area contributed by atoms with Gasteiger partial charge < -0.3 is 5.32 Å². The van der Waals surface area contributed by atoms with E-state index in [9.17, 15) is 13.2 Å². The second-order valence-corrected chi connectivity index (χ2v) is 9.25. The van der Waals surface area contributed by atoms with Gasteiger partial charge >= 0.3 is 10.2 Å². The molecule has 29 heavy (non-hydrogen) atoms. The fraction of sp³-hybridized carbons (Fsp3) is 0.350. The summed E-state index contributed by atoms with van der Waals surface area (Å²) in [6, 6.07) is 5.73. The molecule has 2 heterocycles. The van der Waals surface area contributed by atoms with Crippen LogP contribution in [0.5, 0.6) is 0 Å². The first-order valence-electron chi connectivity index (χ1n) is 9.21. The predicted octanol–water partition coefficient (Wildman–Crippen LogP) is 2.42. The SMILES string of the molecule is Cc1ccc(Cc2c(NS(=O)(=O)N(C)C)cn(C3CC=CN3)c(=O)c2F)c(C)c1. The zero-order valence-electron chi connectivity index (χ0n) is 16.9. The van der Waals surface area contributed by atoms with Gasteiger partial charge in [-0.25, -0.2) is 4.39 Å². The molecule has 3 rings (SSSR count). The number of nitrogens with zero attached hydrogens (tertiary/aromatic N) is 2. The average molecular weight is 421 g/mol. The minimum atomic E-state index is -3.89. The maximum atomic E-state index is 15.2. The molecule has 1 aliphatic rings. The van der Waals surface area contributed by atoms with Gasteiger partial charge in [0.05, 0.1) is 5.69 Å². The van der Waals surface area contributed by atoms with Crippen molar-refractivity contribution in [3.63, 3.8) is 0 Å². The van der Waals surface area contributed by atoms with Crippen LogP contribution in [0.4, 0.5) is 10.1 Å². The lowest BCUT2D eigenvalue weighted by atomic mass is 9.98. The molecule has 0 saturated heterocycles. The summed E-state index contributed by atoms with van der Waals surface area (Å²) in [5, 5.41) is 2.97. The molecule has 1 aromatic carbocycles. The van der Waals surface area contributed by atoms with Crippen LogP contribution in [0, 0.1) is 19.7 Å². The molecule has 0 radical (unpaired) electrons. The molecule has 2 aromatic rings. The molecule has 0 bridgehead atoms. The van der Waals surface area contributed by atoms with Crippen LogP contribution in [-0.2, 0) is 16.6 Å². The molecule has 2 N–H and O–H groups in total. The fourth-order valence-electron chi connectivity index (χ4n) is 3.23. The molecule has 0 fully saturated rings. The largest absolute Gasteiger partial charge is 0.371 e. The number of halogens is 1. The third-order valence-electron chi connectivity index (χ3n) is 4.97. The van der Waals surface area contributed by atoms with E-state index in [1.807, 2.05) is 38.1 Å². The minimum absolute atomic E-state index is 0.0228. The van der Waals surface area contributed by atoms with E-state index in [-0.39, 0.29) is 17.7 Å². The van der Waals surface area contributed by atoms with E-state index in [1.54, 1.807) is 6.20 Å². The predicted molar refractivity (Wildman–Crippen MR) is 112 cm³/mol. The highest BCUT2D eigenvalue weighted by Gasteiger charge is 2.24. The second kappa shape index (κ2) is 8.00. The molecule has 9 heteroatoms. The summed E-state index contributed by atoms with van der Waals surface area (Å²) in [4.78, 5) is 12.7. The molecule has 1 aromatic heterocycles. The molecule has 1 unspecified atom stereocenters. The van der Waals surface area contributed by atoms with Crippen molar-refractivity contribution >= 4 is 15.9 Å². The van der Waals surface area contributed by atoms with Crippen molar-refractivity contribution in [1.82, 2.24) is 14.2 Å². The maximum Gasteiger partial charge on any atom is 0.301 e. The van der Waals surface area contributed by atoms with Gasteiger partial charge in [0, 0.05) is 38.7 Å². The summed E-state index contributed by atoms with van der Waals surface area (Å²) >= 11 is 0. The molecule has 0 spiro atoms. The van der Waals surface area contributed by atoms with Gasteiger partial charge in [-0.15, -0.1) is 0 Å². The number of nitrogens with one attached hydrogen (secondary N) is 2. The van der Waals surface area contributed by atoms with Gasteiger partial charge in [-0.05, 0) is 31.2 Å². The van der Waals surface area contributed by atoms with E-state index in [2.05, 4.69) is 10.0 Å². The minimum Gasteiger partial charge on any atom is -0.371 e. The van der Waals surface area contributed by atoms with Crippen molar-refractivity contribution in [1.29, 1.82) is 0 Å². The quantitative estimate of drug-likeness (QED) is 0.752. The smallest absolute Gasteiger partial charge is 0.301 e. The fourth-order valence-corrected chi connectivity index (χ4v) is 3.87. The van der Waals surface area contributed by atoms with Gasteiger partial charge in [-0.2, -0.15) is 12.7 Å².